The Morgan fingerprint density at radius 1 is 0.765 bits per heavy atom. The van der Waals surface area contributed by atoms with Crippen LogP contribution in [-0.4, -0.2) is 73.6 Å². The molecule has 190 valence electrons. The van der Waals surface area contributed by atoms with Crippen molar-refractivity contribution in [1.82, 2.24) is 14.1 Å². The number of piperidine rings is 1. The molecule has 34 heavy (non-hydrogen) atoms. The summed E-state index contributed by atoms with van der Waals surface area (Å²) in [6.45, 7) is 17.9. The highest BCUT2D eigenvalue weighted by Crippen LogP contribution is 2.32. The average molecular weight is 492 g/mol. The van der Waals surface area contributed by atoms with Gasteiger partial charge in [0.1, 0.15) is 0 Å². The van der Waals surface area contributed by atoms with Crippen molar-refractivity contribution in [3.8, 4) is 0 Å². The summed E-state index contributed by atoms with van der Waals surface area (Å²) in [4.78, 5) is 30.0. The molecule has 8 heteroatoms. The van der Waals surface area contributed by atoms with E-state index in [1.165, 1.54) is 4.31 Å². The van der Waals surface area contributed by atoms with Gasteiger partial charge in [-0.1, -0.05) is 20.8 Å². The smallest absolute Gasteiger partial charge is 0.243 e. The first-order chi connectivity index (χ1) is 15.7. The fourth-order valence-corrected chi connectivity index (χ4v) is 7.21. The van der Waals surface area contributed by atoms with Crippen LogP contribution >= 0.6 is 0 Å². The number of sulfonamides is 1. The highest BCUT2D eigenvalue weighted by molar-refractivity contribution is 7.89. The van der Waals surface area contributed by atoms with Crippen LogP contribution in [0.3, 0.4) is 0 Å². The number of hydrogen-bond acceptors (Lipinski definition) is 4. The highest BCUT2D eigenvalue weighted by Gasteiger charge is 2.38. The van der Waals surface area contributed by atoms with Crippen LogP contribution in [0.4, 0.5) is 0 Å². The summed E-state index contributed by atoms with van der Waals surface area (Å²) in [5.74, 6) is -0.0942. The van der Waals surface area contributed by atoms with Gasteiger partial charge in [0, 0.05) is 44.7 Å². The number of hydrogen-bond donors (Lipinski definition) is 0. The van der Waals surface area contributed by atoms with Gasteiger partial charge in [-0.25, -0.2) is 8.42 Å². The largest absolute Gasteiger partial charge is 0.341 e. The predicted octanol–water partition coefficient (Wildman–Crippen LogP) is 3.35. The number of likely N-dealkylation sites (tertiary alicyclic amines) is 1. The number of amides is 2. The molecule has 0 radical (unpaired) electrons. The first kappa shape index (κ1) is 26.7. The summed E-state index contributed by atoms with van der Waals surface area (Å²) in [7, 11) is -3.65. The quantitative estimate of drug-likeness (QED) is 0.650. The van der Waals surface area contributed by atoms with E-state index in [0.717, 1.165) is 40.7 Å². The Hall–Kier alpha value is -1.93. The van der Waals surface area contributed by atoms with Crippen LogP contribution in [0.15, 0.2) is 4.90 Å². The maximum Gasteiger partial charge on any atom is 0.243 e. The molecule has 2 aliphatic rings. The zero-order chi connectivity index (χ0) is 25.6. The Labute approximate surface area is 205 Å². The van der Waals surface area contributed by atoms with Crippen molar-refractivity contribution in [1.29, 1.82) is 0 Å². The Morgan fingerprint density at radius 3 is 1.76 bits per heavy atom. The molecule has 0 bridgehead atoms. The molecule has 1 aromatic carbocycles. The molecule has 2 heterocycles. The van der Waals surface area contributed by atoms with Crippen molar-refractivity contribution in [3.05, 3.63) is 27.8 Å². The molecular weight excluding hydrogens is 450 g/mol. The van der Waals surface area contributed by atoms with E-state index in [9.17, 15) is 18.0 Å². The highest BCUT2D eigenvalue weighted by atomic mass is 32.2. The number of piperazine rings is 1. The van der Waals surface area contributed by atoms with Crippen molar-refractivity contribution in [2.45, 2.75) is 73.1 Å². The number of benzene rings is 1. The summed E-state index contributed by atoms with van der Waals surface area (Å²) < 4.78 is 28.8. The molecule has 2 fully saturated rings. The van der Waals surface area contributed by atoms with E-state index in [-0.39, 0.29) is 30.8 Å². The van der Waals surface area contributed by atoms with Crippen LogP contribution in [0.5, 0.6) is 0 Å². The Kier molecular flexibility index (Phi) is 7.54. The predicted molar refractivity (Wildman–Crippen MR) is 134 cm³/mol. The molecule has 2 amide bonds. The lowest BCUT2D eigenvalue weighted by Crippen LogP contribution is -2.54. The summed E-state index contributed by atoms with van der Waals surface area (Å²) in [5.41, 5.74) is 4.32. The van der Waals surface area contributed by atoms with Gasteiger partial charge in [-0.3, -0.25) is 9.59 Å². The number of carbonyl (C=O) groups is 2. The zero-order valence-corrected chi connectivity index (χ0v) is 22.9. The van der Waals surface area contributed by atoms with E-state index in [4.69, 9.17) is 0 Å². The molecule has 2 saturated heterocycles. The third kappa shape index (κ3) is 4.89. The minimum absolute atomic E-state index is 0.0397. The lowest BCUT2D eigenvalue weighted by Gasteiger charge is -2.40. The standard InChI is InChI=1S/C26H41N3O4S/c1-17-18(2)20(4)23(21(5)19(17)3)34(32,33)29-14-12-27(13-15-29)24(30)22-10-9-11-28(16-22)25(31)26(6,7)8/h22H,9-16H2,1-8H3. The van der Waals surface area contributed by atoms with Crippen molar-refractivity contribution in [2.24, 2.45) is 11.3 Å². The van der Waals surface area contributed by atoms with E-state index in [2.05, 4.69) is 0 Å². The SMILES string of the molecule is Cc1c(C)c(C)c(S(=O)(=O)N2CCN(C(=O)C3CCCN(C(=O)C(C)(C)C)C3)CC2)c(C)c1C. The Morgan fingerprint density at radius 2 is 1.26 bits per heavy atom. The molecule has 0 aliphatic carbocycles. The summed E-state index contributed by atoms with van der Waals surface area (Å²) >= 11 is 0. The normalized spacial score (nSPS) is 20.5. The second kappa shape index (κ2) is 9.61. The van der Waals surface area contributed by atoms with Crippen LogP contribution in [0.1, 0.15) is 61.4 Å². The van der Waals surface area contributed by atoms with Crippen molar-refractivity contribution >= 4 is 21.8 Å². The summed E-state index contributed by atoms with van der Waals surface area (Å²) in [6, 6.07) is 0. The molecule has 3 rings (SSSR count). The maximum atomic E-state index is 13.6. The maximum absolute atomic E-state index is 13.6. The van der Waals surface area contributed by atoms with E-state index in [1.54, 1.807) is 4.90 Å². The minimum atomic E-state index is -3.65. The van der Waals surface area contributed by atoms with Crippen LogP contribution in [0.2, 0.25) is 0 Å². The van der Waals surface area contributed by atoms with Gasteiger partial charge >= 0.3 is 0 Å². The fraction of sp³-hybridized carbons (Fsp3) is 0.692. The molecule has 1 unspecified atom stereocenters. The zero-order valence-electron chi connectivity index (χ0n) is 22.1. The van der Waals surface area contributed by atoms with E-state index in [1.807, 2.05) is 60.3 Å². The van der Waals surface area contributed by atoms with Crippen LogP contribution in [0, 0.1) is 46.0 Å². The Balaban J connectivity index is 1.71. The average Bonchev–Trinajstić information content (AvgIpc) is 2.80. The topological polar surface area (TPSA) is 78.0 Å². The molecule has 7 nitrogen and oxygen atoms in total. The third-order valence-electron chi connectivity index (χ3n) is 7.78. The first-order valence-electron chi connectivity index (χ1n) is 12.3. The molecular formula is C26H41N3O4S. The van der Waals surface area contributed by atoms with Gasteiger partial charge < -0.3 is 9.80 Å². The van der Waals surface area contributed by atoms with E-state index < -0.39 is 15.4 Å². The second-order valence-electron chi connectivity index (χ2n) is 11.0. The molecule has 0 N–H and O–H groups in total. The van der Waals surface area contributed by atoms with Crippen LogP contribution in [0.25, 0.3) is 0 Å². The lowest BCUT2D eigenvalue weighted by molar-refractivity contribution is -0.145. The number of rotatable bonds is 3. The third-order valence-corrected chi connectivity index (χ3v) is 9.95. The van der Waals surface area contributed by atoms with Gasteiger partial charge in [-0.2, -0.15) is 4.31 Å². The van der Waals surface area contributed by atoms with Gasteiger partial charge in [-0.15, -0.1) is 0 Å². The van der Waals surface area contributed by atoms with Crippen molar-refractivity contribution < 1.29 is 18.0 Å². The number of carbonyl (C=O) groups excluding carboxylic acids is 2. The van der Waals surface area contributed by atoms with Crippen molar-refractivity contribution in [2.75, 3.05) is 39.3 Å². The molecule has 1 atom stereocenters. The van der Waals surface area contributed by atoms with Crippen molar-refractivity contribution in [3.63, 3.8) is 0 Å². The van der Waals surface area contributed by atoms with Gasteiger partial charge in [0.15, 0.2) is 0 Å². The minimum Gasteiger partial charge on any atom is -0.341 e. The molecule has 0 aromatic heterocycles. The summed E-state index contributed by atoms with van der Waals surface area (Å²) in [6.07, 6.45) is 1.59. The van der Waals surface area contributed by atoms with Gasteiger partial charge in [-0.05, 0) is 75.3 Å². The Bertz CT molecular complexity index is 1050. The van der Waals surface area contributed by atoms with Gasteiger partial charge in [0.25, 0.3) is 0 Å². The number of nitrogens with zero attached hydrogens (tertiary/aromatic N) is 3. The lowest BCUT2D eigenvalue weighted by atomic mass is 9.90. The van der Waals surface area contributed by atoms with E-state index in [0.29, 0.717) is 31.1 Å². The first-order valence-corrected chi connectivity index (χ1v) is 13.8. The molecule has 1 aromatic rings. The summed E-state index contributed by atoms with van der Waals surface area (Å²) in [5, 5.41) is 0. The van der Waals surface area contributed by atoms with E-state index >= 15 is 0 Å². The molecule has 2 aliphatic heterocycles. The molecule has 0 spiro atoms. The van der Waals surface area contributed by atoms with Gasteiger partial charge in [0.2, 0.25) is 21.8 Å². The second-order valence-corrected chi connectivity index (χ2v) is 12.9. The monoisotopic (exact) mass is 491 g/mol. The van der Waals surface area contributed by atoms with Gasteiger partial charge in [0.05, 0.1) is 10.8 Å². The van der Waals surface area contributed by atoms with Crippen LogP contribution < -0.4 is 0 Å². The fourth-order valence-electron chi connectivity index (χ4n) is 5.23. The van der Waals surface area contributed by atoms with Crippen LogP contribution in [-0.2, 0) is 19.6 Å². The molecule has 0 saturated carbocycles.